The number of carbonyl (C=O) groups is 3. The average Bonchev–Trinajstić information content (AvgIpc) is 3.18. The number of aldehydes is 1. The van der Waals surface area contributed by atoms with E-state index in [1.54, 1.807) is 17.9 Å². The summed E-state index contributed by atoms with van der Waals surface area (Å²) in [5.74, 6) is -0.534. The SMILES string of the molecule is COC(=O)/C1=C2\Nc3ccccc3[C@@]23CCN(CC=C[C@@](C)(C=O)C1)C3=O. The van der Waals surface area contributed by atoms with Crippen molar-refractivity contribution >= 4 is 23.9 Å². The fourth-order valence-electron chi connectivity index (χ4n) is 4.47. The molecule has 140 valence electrons. The number of nitrogens with zero attached hydrogens (tertiary/aromatic N) is 1. The summed E-state index contributed by atoms with van der Waals surface area (Å²) in [6.07, 6.45) is 5.23. The molecule has 2 bridgehead atoms. The van der Waals surface area contributed by atoms with Gasteiger partial charge in [-0.3, -0.25) is 4.79 Å². The molecule has 6 nitrogen and oxygen atoms in total. The molecular formula is C21H22N2O4. The van der Waals surface area contributed by atoms with Crippen molar-refractivity contribution in [2.45, 2.75) is 25.2 Å². The van der Waals surface area contributed by atoms with E-state index in [1.165, 1.54) is 7.11 Å². The van der Waals surface area contributed by atoms with Gasteiger partial charge in [-0.1, -0.05) is 30.4 Å². The highest BCUT2D eigenvalue weighted by atomic mass is 16.5. The highest BCUT2D eigenvalue weighted by Gasteiger charge is 2.56. The molecule has 3 heterocycles. The summed E-state index contributed by atoms with van der Waals surface area (Å²) < 4.78 is 5.04. The Labute approximate surface area is 157 Å². The molecule has 3 aliphatic heterocycles. The Morgan fingerprint density at radius 2 is 2.11 bits per heavy atom. The Morgan fingerprint density at radius 1 is 1.33 bits per heavy atom. The van der Waals surface area contributed by atoms with Gasteiger partial charge < -0.3 is 19.7 Å². The highest BCUT2D eigenvalue weighted by Crippen LogP contribution is 2.52. The number of amides is 1. The van der Waals surface area contributed by atoms with E-state index >= 15 is 0 Å². The van der Waals surface area contributed by atoms with Gasteiger partial charge in [0.05, 0.1) is 12.7 Å². The Morgan fingerprint density at radius 3 is 2.85 bits per heavy atom. The number of methoxy groups -OCH3 is 1. The number of allylic oxidation sites excluding steroid dienone is 1. The van der Waals surface area contributed by atoms with Crippen LogP contribution in [0.5, 0.6) is 0 Å². The van der Waals surface area contributed by atoms with E-state index in [4.69, 9.17) is 4.74 Å². The molecule has 1 aromatic carbocycles. The minimum atomic E-state index is -0.922. The third kappa shape index (κ3) is 2.43. The second kappa shape index (κ2) is 6.08. The van der Waals surface area contributed by atoms with Crippen LogP contribution in [0.4, 0.5) is 5.69 Å². The Kier molecular flexibility index (Phi) is 3.94. The third-order valence-corrected chi connectivity index (χ3v) is 5.87. The normalized spacial score (nSPS) is 31.8. The third-order valence-electron chi connectivity index (χ3n) is 5.87. The molecule has 1 amide bonds. The van der Waals surface area contributed by atoms with Gasteiger partial charge in [0.15, 0.2) is 0 Å². The number of para-hydroxylation sites is 1. The molecule has 6 heteroatoms. The molecule has 0 saturated carbocycles. The lowest BCUT2D eigenvalue weighted by molar-refractivity contribution is -0.136. The predicted molar refractivity (Wildman–Crippen MR) is 99.9 cm³/mol. The molecule has 4 rings (SSSR count). The van der Waals surface area contributed by atoms with Crippen molar-refractivity contribution in [2.75, 3.05) is 25.5 Å². The fraction of sp³-hybridized carbons (Fsp3) is 0.381. The molecule has 1 saturated heterocycles. The maximum atomic E-state index is 13.5. The van der Waals surface area contributed by atoms with Gasteiger partial charge in [-0.25, -0.2) is 4.79 Å². The van der Waals surface area contributed by atoms with Crippen LogP contribution in [0.3, 0.4) is 0 Å². The van der Waals surface area contributed by atoms with Crippen LogP contribution >= 0.6 is 0 Å². The number of anilines is 1. The molecule has 1 aromatic rings. The first-order valence-corrected chi connectivity index (χ1v) is 9.07. The van der Waals surface area contributed by atoms with Crippen molar-refractivity contribution in [3.63, 3.8) is 0 Å². The molecule has 0 unspecified atom stereocenters. The van der Waals surface area contributed by atoms with Crippen LogP contribution in [-0.2, 0) is 24.5 Å². The number of benzene rings is 1. The molecule has 0 aromatic heterocycles. The van der Waals surface area contributed by atoms with E-state index < -0.39 is 16.8 Å². The molecule has 1 fully saturated rings. The van der Waals surface area contributed by atoms with E-state index in [9.17, 15) is 14.4 Å². The van der Waals surface area contributed by atoms with Crippen molar-refractivity contribution < 1.29 is 19.1 Å². The summed E-state index contributed by atoms with van der Waals surface area (Å²) in [6, 6.07) is 7.64. The molecule has 27 heavy (non-hydrogen) atoms. The van der Waals surface area contributed by atoms with E-state index in [2.05, 4.69) is 5.32 Å². The maximum absolute atomic E-state index is 13.5. The zero-order chi connectivity index (χ0) is 19.2. The minimum Gasteiger partial charge on any atom is -0.466 e. The largest absolute Gasteiger partial charge is 0.466 e. The van der Waals surface area contributed by atoms with Crippen LogP contribution < -0.4 is 5.32 Å². The quantitative estimate of drug-likeness (QED) is 0.493. The van der Waals surface area contributed by atoms with Crippen molar-refractivity contribution in [3.05, 3.63) is 53.3 Å². The van der Waals surface area contributed by atoms with Gasteiger partial charge in [-0.05, 0) is 31.4 Å². The summed E-state index contributed by atoms with van der Waals surface area (Å²) in [5, 5.41) is 3.32. The molecule has 1 spiro atoms. The highest BCUT2D eigenvalue weighted by molar-refractivity contribution is 6.03. The first-order chi connectivity index (χ1) is 12.9. The lowest BCUT2D eigenvalue weighted by Crippen LogP contribution is -2.40. The van der Waals surface area contributed by atoms with Crippen molar-refractivity contribution in [2.24, 2.45) is 5.41 Å². The summed E-state index contributed by atoms with van der Waals surface area (Å²) in [6.45, 7) is 2.83. The van der Waals surface area contributed by atoms with Gasteiger partial charge in [0, 0.05) is 29.9 Å². The lowest BCUT2D eigenvalue weighted by atomic mass is 9.74. The van der Waals surface area contributed by atoms with Crippen molar-refractivity contribution in [1.82, 2.24) is 4.90 Å². The number of nitrogens with one attached hydrogen (secondary N) is 1. The Balaban J connectivity index is 2.01. The van der Waals surface area contributed by atoms with Crippen molar-refractivity contribution in [3.8, 4) is 0 Å². The first-order valence-electron chi connectivity index (χ1n) is 9.07. The number of ether oxygens (including phenoxy) is 1. The predicted octanol–water partition coefficient (Wildman–Crippen LogP) is 2.17. The average molecular weight is 366 g/mol. The summed E-state index contributed by atoms with van der Waals surface area (Å²) >= 11 is 0. The van der Waals surface area contributed by atoms with E-state index in [-0.39, 0.29) is 12.3 Å². The van der Waals surface area contributed by atoms with Gasteiger partial charge in [-0.15, -0.1) is 0 Å². The number of esters is 1. The number of fused-ring (bicyclic) bond motifs is 2. The first kappa shape index (κ1) is 17.5. The maximum Gasteiger partial charge on any atom is 0.335 e. The van der Waals surface area contributed by atoms with Gasteiger partial charge in [0.2, 0.25) is 5.91 Å². The van der Waals surface area contributed by atoms with Gasteiger partial charge >= 0.3 is 5.97 Å². The monoisotopic (exact) mass is 366 g/mol. The summed E-state index contributed by atoms with van der Waals surface area (Å²) in [4.78, 5) is 39.8. The Hall–Kier alpha value is -2.89. The standard InChI is InChI=1S/C21H22N2O4/c1-20(13-24)8-5-10-23-11-9-21(19(23)26)15-6-3-4-7-16(15)22-17(21)14(12-20)18(25)27-2/h3-8,13,22H,9-12H2,1-2H3/b8-5?,17-14-/t20-,21+/m1/s1. The minimum absolute atomic E-state index is 0.0179. The molecule has 2 atom stereocenters. The van der Waals surface area contributed by atoms with Gasteiger partial charge in [0.25, 0.3) is 0 Å². The number of carbonyl (C=O) groups excluding carboxylic acids is 3. The van der Waals surface area contributed by atoms with Crippen LogP contribution in [0.2, 0.25) is 0 Å². The topological polar surface area (TPSA) is 75.7 Å². The molecule has 0 aliphatic carbocycles. The van der Waals surface area contributed by atoms with Gasteiger partial charge in [-0.2, -0.15) is 0 Å². The Bertz CT molecular complexity index is 903. The van der Waals surface area contributed by atoms with E-state index in [0.29, 0.717) is 30.8 Å². The molecule has 0 radical (unpaired) electrons. The van der Waals surface area contributed by atoms with E-state index in [1.807, 2.05) is 30.3 Å². The summed E-state index contributed by atoms with van der Waals surface area (Å²) in [7, 11) is 1.32. The van der Waals surface area contributed by atoms with Crippen LogP contribution in [0.15, 0.2) is 47.7 Å². The lowest BCUT2D eigenvalue weighted by Gasteiger charge is -2.30. The molecule has 3 aliphatic rings. The molecule has 1 N–H and O–H groups in total. The zero-order valence-electron chi connectivity index (χ0n) is 15.5. The smallest absolute Gasteiger partial charge is 0.335 e. The number of hydrogen-bond donors (Lipinski definition) is 1. The second-order valence-corrected chi connectivity index (χ2v) is 7.63. The van der Waals surface area contributed by atoms with Crippen LogP contribution in [-0.4, -0.2) is 43.3 Å². The summed E-state index contributed by atoms with van der Waals surface area (Å²) in [5.41, 5.74) is 0.844. The number of hydrogen-bond acceptors (Lipinski definition) is 5. The zero-order valence-corrected chi connectivity index (χ0v) is 15.5. The fourth-order valence-corrected chi connectivity index (χ4v) is 4.47. The van der Waals surface area contributed by atoms with Crippen LogP contribution in [0.1, 0.15) is 25.3 Å². The van der Waals surface area contributed by atoms with Crippen LogP contribution in [0.25, 0.3) is 0 Å². The van der Waals surface area contributed by atoms with Gasteiger partial charge in [0.1, 0.15) is 11.7 Å². The van der Waals surface area contributed by atoms with E-state index in [0.717, 1.165) is 17.5 Å². The second-order valence-electron chi connectivity index (χ2n) is 7.63. The van der Waals surface area contributed by atoms with Crippen LogP contribution in [0, 0.1) is 5.41 Å². The number of rotatable bonds is 2. The van der Waals surface area contributed by atoms with Crippen molar-refractivity contribution in [1.29, 1.82) is 0 Å². The molecular weight excluding hydrogens is 344 g/mol.